The summed E-state index contributed by atoms with van der Waals surface area (Å²) in [4.78, 5) is 176. The molecule has 0 unspecified atom stereocenters. The minimum Gasteiger partial charge on any atom is -0.481 e. The molecule has 1 fully saturated rings. The second-order valence-corrected chi connectivity index (χ2v) is 22.1. The van der Waals surface area contributed by atoms with Crippen LogP contribution in [0.3, 0.4) is 0 Å². The maximum atomic E-state index is 14.3. The van der Waals surface area contributed by atoms with Gasteiger partial charge in [0.15, 0.2) is 11.9 Å². The lowest BCUT2D eigenvalue weighted by atomic mass is 10.0. The summed E-state index contributed by atoms with van der Waals surface area (Å²) in [7, 11) is 1.82. The first-order valence-electron chi connectivity index (χ1n) is 25.0. The summed E-state index contributed by atoms with van der Waals surface area (Å²) in [6.45, 7) is 5.26. The van der Waals surface area contributed by atoms with Crippen LogP contribution in [0.1, 0.15) is 78.8 Å². The number of aromatic nitrogens is 2. The van der Waals surface area contributed by atoms with Gasteiger partial charge < -0.3 is 97.0 Å². The Hall–Kier alpha value is -7.95. The van der Waals surface area contributed by atoms with E-state index in [2.05, 4.69) is 73.1 Å². The summed E-state index contributed by atoms with van der Waals surface area (Å²) < 4.78 is -1.35. The number of imidazole rings is 1. The highest BCUT2D eigenvalue weighted by Crippen LogP contribution is 2.38. The molecule has 80 heavy (non-hydrogen) atoms. The first kappa shape index (κ1) is 68.2. The zero-order chi connectivity index (χ0) is 60.3. The van der Waals surface area contributed by atoms with Crippen LogP contribution in [0.5, 0.6) is 0 Å². The lowest BCUT2D eigenvalue weighted by Gasteiger charge is -2.33. The van der Waals surface area contributed by atoms with Crippen molar-refractivity contribution in [2.75, 3.05) is 38.5 Å². The summed E-state index contributed by atoms with van der Waals surface area (Å²) in [6, 6.07) is -12.3. The summed E-state index contributed by atoms with van der Waals surface area (Å²) in [5.74, 6) is -14.0. The van der Waals surface area contributed by atoms with Crippen molar-refractivity contribution in [1.29, 1.82) is 0 Å². The Morgan fingerprint density at radius 2 is 1.24 bits per heavy atom. The number of guanidine groups is 2. The van der Waals surface area contributed by atoms with E-state index in [4.69, 9.17) is 28.7 Å². The lowest BCUT2D eigenvalue weighted by Crippen LogP contribution is -2.59. The smallest absolute Gasteiger partial charge is 0.325 e. The third-order valence-electron chi connectivity index (χ3n) is 11.3. The normalized spacial score (nSPS) is 22.9. The number of aliphatic carboxylic acids is 2. The van der Waals surface area contributed by atoms with Gasteiger partial charge in [-0.1, -0.05) is 35.4 Å². The van der Waals surface area contributed by atoms with Crippen LogP contribution in [0.15, 0.2) is 22.5 Å². The molecule has 0 aliphatic carbocycles. The highest BCUT2D eigenvalue weighted by atomic mass is 33.1. The molecule has 10 amide bonds. The molecule has 0 radical (unpaired) electrons. The van der Waals surface area contributed by atoms with E-state index in [1.807, 2.05) is 0 Å². The fourth-order valence-corrected chi connectivity index (χ4v) is 10.0. The van der Waals surface area contributed by atoms with E-state index in [-0.39, 0.29) is 75.2 Å². The molecule has 35 heteroatoms. The van der Waals surface area contributed by atoms with Crippen LogP contribution in [0.2, 0.25) is 0 Å². The first-order valence-corrected chi connectivity index (χ1v) is 27.3. The zero-order valence-corrected chi connectivity index (χ0v) is 46.5. The maximum Gasteiger partial charge on any atom is 0.325 e. The van der Waals surface area contributed by atoms with Crippen molar-refractivity contribution in [1.82, 2.24) is 63.1 Å². The summed E-state index contributed by atoms with van der Waals surface area (Å²) >= 11 is 0. The van der Waals surface area contributed by atoms with Crippen LogP contribution < -0.4 is 81.8 Å². The average Bonchev–Trinajstić information content (AvgIpc) is 3.89. The van der Waals surface area contributed by atoms with Crippen molar-refractivity contribution < 1.29 is 67.7 Å². The van der Waals surface area contributed by atoms with Crippen molar-refractivity contribution in [3.8, 4) is 0 Å². The van der Waals surface area contributed by atoms with Gasteiger partial charge in [0.05, 0.1) is 32.4 Å². The lowest BCUT2D eigenvalue weighted by molar-refractivity contribution is -0.142. The molecule has 1 aliphatic rings. The molecular formula is C45H75N19O14S2. The number of carboxylic acid groups (broad SMARTS) is 2. The number of nitrogens with zero attached hydrogens (tertiary/aromatic N) is 3. The van der Waals surface area contributed by atoms with E-state index in [0.29, 0.717) is 5.69 Å². The minimum absolute atomic E-state index is 0.0160. The fourth-order valence-electron chi connectivity index (χ4n) is 7.23. The molecule has 1 aromatic rings. The van der Waals surface area contributed by atoms with Gasteiger partial charge in [-0.3, -0.25) is 67.5 Å². The topological polar surface area (TPSA) is 549 Å². The molecule has 1 saturated heterocycles. The Morgan fingerprint density at radius 1 is 0.725 bits per heavy atom. The van der Waals surface area contributed by atoms with Crippen LogP contribution in [-0.4, -0.2) is 195 Å². The standard InChI is InChI=1S/C45H75N19O14S2/c1-21(2)12-26-37(72)61-25(9-7-11-53-44(49)50)36(71)63-29(40(75)57-22(3)42(77)78)19-79-80-45(4,5)34(64-30(65)15-46)41(76)55-18-32(67)58-27(13-23-16-51-20-56-23)38(73)60-24(8-6-10-52-43(47)48)35(70)54-17-31(66)59-28(14-33(68)69)39(74)62-26/h16,20-22,24-29,34H,6-15,17-19,46H2,1-5H3,(H,51,56)(H,54,70)(H,55,76)(H,57,75)(H,58,67)(H,59,66)(H,60,73)(H,61,72)(H,62,74)(H,63,71)(H,64,65)(H,68,69)(H,77,78)(H4,47,48,52)(H4,49,50,53)/t22-,24-,25-,26-,27-,28-,29-,34-/m0/s1. The third-order valence-corrected chi connectivity index (χ3v) is 14.6. The van der Waals surface area contributed by atoms with Crippen LogP contribution in [-0.2, 0) is 64.0 Å². The van der Waals surface area contributed by atoms with Gasteiger partial charge in [0.25, 0.3) is 0 Å². The van der Waals surface area contributed by atoms with Gasteiger partial charge in [0, 0.05) is 41.9 Å². The van der Waals surface area contributed by atoms with Crippen LogP contribution in [0.4, 0.5) is 0 Å². The SMILES string of the molecule is CC(C)C[C@@H]1NC(=O)[C@H](CC(=O)O)NC(=O)CNC(=O)[C@H](CCCN=C(N)N)NC(=O)[C@H](Cc2cnc[nH]2)NC(=O)CNC(=O)[C@H](NC(=O)CN)C(C)(C)SSC[C@@H](C(=O)N[C@@H](C)C(=O)O)NC(=O)[C@H](CCCN=C(N)N)NC1=O. The number of hydrogen-bond acceptors (Lipinski definition) is 18. The number of aliphatic imine (C=N–C) groups is 2. The maximum absolute atomic E-state index is 14.3. The second-order valence-electron chi connectivity index (χ2n) is 19.1. The predicted octanol–water partition coefficient (Wildman–Crippen LogP) is -7.07. The minimum atomic E-state index is -1.86. The molecule has 1 aromatic heterocycles. The second kappa shape index (κ2) is 34.1. The third kappa shape index (κ3) is 25.7. The monoisotopic (exact) mass is 1170 g/mol. The van der Waals surface area contributed by atoms with Crippen molar-refractivity contribution >= 4 is 105 Å². The quantitative estimate of drug-likeness (QED) is 0.0265. The highest BCUT2D eigenvalue weighted by Gasteiger charge is 2.39. The van der Waals surface area contributed by atoms with Crippen molar-refractivity contribution in [2.24, 2.45) is 44.6 Å². The molecule has 0 saturated carbocycles. The first-order chi connectivity index (χ1) is 37.5. The van der Waals surface area contributed by atoms with Crippen LogP contribution in [0, 0.1) is 5.92 Å². The molecular weight excluding hydrogens is 1090 g/mol. The number of aromatic amines is 1. The number of carboxylic acids is 2. The van der Waals surface area contributed by atoms with Gasteiger partial charge in [-0.25, -0.2) is 4.98 Å². The van der Waals surface area contributed by atoms with E-state index in [1.165, 1.54) is 26.4 Å². The van der Waals surface area contributed by atoms with E-state index >= 15 is 0 Å². The molecule has 23 N–H and O–H groups in total. The predicted molar refractivity (Wildman–Crippen MR) is 292 cm³/mol. The van der Waals surface area contributed by atoms with Crippen LogP contribution in [0.25, 0.3) is 0 Å². The number of carbonyl (C=O) groups is 12. The van der Waals surface area contributed by atoms with Gasteiger partial charge in [-0.15, -0.1) is 0 Å². The summed E-state index contributed by atoms with van der Waals surface area (Å²) in [5, 5.41) is 43.7. The number of nitrogens with two attached hydrogens (primary N) is 5. The Bertz CT molecular complexity index is 2400. The van der Waals surface area contributed by atoms with Gasteiger partial charge in [-0.05, 0) is 58.8 Å². The van der Waals surface area contributed by atoms with Gasteiger partial charge in [-0.2, -0.15) is 0 Å². The molecule has 2 rings (SSSR count). The number of amides is 10. The number of H-pyrrole nitrogens is 1. The van der Waals surface area contributed by atoms with Crippen LogP contribution >= 0.6 is 21.6 Å². The van der Waals surface area contributed by atoms with Crippen molar-refractivity contribution in [3.63, 3.8) is 0 Å². The summed E-state index contributed by atoms with van der Waals surface area (Å²) in [5.41, 5.74) is 27.8. The average molecular weight is 1170 g/mol. The molecule has 33 nitrogen and oxygen atoms in total. The van der Waals surface area contributed by atoms with Crippen molar-refractivity contribution in [2.45, 2.75) is 133 Å². The molecule has 1 aliphatic heterocycles. The van der Waals surface area contributed by atoms with Gasteiger partial charge in [0.1, 0.15) is 48.3 Å². The molecule has 0 spiro atoms. The van der Waals surface area contributed by atoms with E-state index < -0.39 is 150 Å². The molecule has 8 atom stereocenters. The summed E-state index contributed by atoms with van der Waals surface area (Å²) in [6.07, 6.45) is 1.06. The molecule has 0 bridgehead atoms. The largest absolute Gasteiger partial charge is 0.481 e. The molecule has 0 aromatic carbocycles. The number of carbonyl (C=O) groups excluding carboxylic acids is 10. The van der Waals surface area contributed by atoms with E-state index in [0.717, 1.165) is 28.5 Å². The van der Waals surface area contributed by atoms with Crippen molar-refractivity contribution in [3.05, 3.63) is 18.2 Å². The van der Waals surface area contributed by atoms with E-state index in [9.17, 15) is 67.7 Å². The highest BCUT2D eigenvalue weighted by molar-refractivity contribution is 8.77. The number of rotatable bonds is 19. The fraction of sp³-hybridized carbons (Fsp3) is 0.622. The van der Waals surface area contributed by atoms with E-state index in [1.54, 1.807) is 13.8 Å². The number of hydrogen-bond donors (Lipinski definition) is 18. The Kier molecular flexibility index (Phi) is 29.1. The Balaban J connectivity index is 2.79. The zero-order valence-electron chi connectivity index (χ0n) is 44.9. The number of nitrogens with one attached hydrogen (secondary N) is 11. The molecule has 446 valence electrons. The Labute approximate surface area is 467 Å². The van der Waals surface area contributed by atoms with Gasteiger partial charge >= 0.3 is 11.9 Å². The Morgan fingerprint density at radius 3 is 1.75 bits per heavy atom. The van der Waals surface area contributed by atoms with Gasteiger partial charge in [0.2, 0.25) is 59.1 Å². The molecule has 2 heterocycles.